The molecule has 1 saturated heterocycles. The van der Waals surface area contributed by atoms with Crippen LogP contribution in [-0.2, 0) is 6.18 Å². The van der Waals surface area contributed by atoms with Crippen molar-refractivity contribution in [2.24, 2.45) is 0 Å². The van der Waals surface area contributed by atoms with Gasteiger partial charge in [0.05, 0.1) is 10.5 Å². The maximum atomic E-state index is 12.6. The number of anilines is 2. The SMILES string of the molecule is O=[N+]([O-])c1cnc(N2CCCN(c3ccc(C(F)(F)F)cn3)CC2)nc1. The Labute approximate surface area is 146 Å². The van der Waals surface area contributed by atoms with Gasteiger partial charge >= 0.3 is 11.9 Å². The summed E-state index contributed by atoms with van der Waals surface area (Å²) in [6.07, 6.45) is -0.542. The van der Waals surface area contributed by atoms with Crippen molar-refractivity contribution >= 4 is 17.5 Å². The number of alkyl halides is 3. The minimum absolute atomic E-state index is 0.181. The number of nitrogens with zero attached hydrogens (tertiary/aromatic N) is 6. The summed E-state index contributed by atoms with van der Waals surface area (Å²) in [4.78, 5) is 25.8. The van der Waals surface area contributed by atoms with Gasteiger partial charge < -0.3 is 9.80 Å². The molecule has 0 N–H and O–H groups in total. The fourth-order valence-corrected chi connectivity index (χ4v) is 2.66. The van der Waals surface area contributed by atoms with E-state index in [1.54, 1.807) is 0 Å². The summed E-state index contributed by atoms with van der Waals surface area (Å²) in [7, 11) is 0. The molecule has 0 aromatic carbocycles. The van der Waals surface area contributed by atoms with E-state index in [1.165, 1.54) is 6.07 Å². The van der Waals surface area contributed by atoms with Gasteiger partial charge in [0, 0.05) is 32.4 Å². The lowest BCUT2D eigenvalue weighted by atomic mass is 10.2. The Balaban J connectivity index is 1.67. The Morgan fingerprint density at radius 3 is 2.19 bits per heavy atom. The van der Waals surface area contributed by atoms with Crippen molar-refractivity contribution in [1.82, 2.24) is 15.0 Å². The van der Waals surface area contributed by atoms with Gasteiger partial charge in [0.2, 0.25) is 5.95 Å². The fraction of sp³-hybridized carbons (Fsp3) is 0.400. The second-order valence-corrected chi connectivity index (χ2v) is 5.73. The molecule has 0 atom stereocenters. The Bertz CT molecular complexity index is 766. The van der Waals surface area contributed by atoms with Gasteiger partial charge in [-0.1, -0.05) is 0 Å². The van der Waals surface area contributed by atoms with Crippen LogP contribution in [0.2, 0.25) is 0 Å². The molecule has 0 saturated carbocycles. The number of hydrogen-bond acceptors (Lipinski definition) is 7. The highest BCUT2D eigenvalue weighted by Crippen LogP contribution is 2.29. The molecule has 3 heterocycles. The van der Waals surface area contributed by atoms with E-state index in [0.717, 1.165) is 31.1 Å². The van der Waals surface area contributed by atoms with Crippen molar-refractivity contribution in [2.45, 2.75) is 12.6 Å². The molecule has 0 amide bonds. The standard InChI is InChI=1S/C15H15F3N6O2/c16-15(17,18)11-2-3-13(19-8-11)22-4-1-5-23(7-6-22)14-20-9-12(10-21-14)24(25)26/h2-3,8-10H,1,4-7H2. The predicted octanol–water partition coefficient (Wildman–Crippen LogP) is 2.52. The van der Waals surface area contributed by atoms with Gasteiger partial charge in [-0.05, 0) is 18.6 Å². The summed E-state index contributed by atoms with van der Waals surface area (Å²) in [5, 5.41) is 10.7. The Morgan fingerprint density at radius 2 is 1.62 bits per heavy atom. The highest BCUT2D eigenvalue weighted by molar-refractivity contribution is 5.42. The molecule has 138 valence electrons. The maximum Gasteiger partial charge on any atom is 0.417 e. The van der Waals surface area contributed by atoms with Gasteiger partial charge in [0.15, 0.2) is 0 Å². The van der Waals surface area contributed by atoms with Crippen LogP contribution in [0.5, 0.6) is 0 Å². The minimum atomic E-state index is -4.41. The van der Waals surface area contributed by atoms with E-state index in [-0.39, 0.29) is 5.69 Å². The molecule has 0 spiro atoms. The van der Waals surface area contributed by atoms with Crippen molar-refractivity contribution in [3.05, 3.63) is 46.4 Å². The first-order chi connectivity index (χ1) is 12.3. The number of nitro groups is 1. The number of halogens is 3. The van der Waals surface area contributed by atoms with Crippen LogP contribution < -0.4 is 9.80 Å². The highest BCUT2D eigenvalue weighted by Gasteiger charge is 2.31. The molecule has 3 rings (SSSR count). The van der Waals surface area contributed by atoms with Gasteiger partial charge in [0.1, 0.15) is 18.2 Å². The van der Waals surface area contributed by atoms with Gasteiger partial charge in [0.25, 0.3) is 0 Å². The van der Waals surface area contributed by atoms with Crippen LogP contribution in [0.15, 0.2) is 30.7 Å². The lowest BCUT2D eigenvalue weighted by Crippen LogP contribution is -2.32. The summed E-state index contributed by atoms with van der Waals surface area (Å²) < 4.78 is 37.9. The van der Waals surface area contributed by atoms with Crippen molar-refractivity contribution in [1.29, 1.82) is 0 Å². The topological polar surface area (TPSA) is 88.3 Å². The van der Waals surface area contributed by atoms with Crippen LogP contribution in [-0.4, -0.2) is 46.1 Å². The zero-order chi connectivity index (χ0) is 18.7. The second kappa shape index (κ2) is 7.10. The van der Waals surface area contributed by atoms with Gasteiger partial charge in [-0.2, -0.15) is 13.2 Å². The summed E-state index contributed by atoms with van der Waals surface area (Å²) in [6.45, 7) is 2.32. The molecular weight excluding hydrogens is 353 g/mol. The summed E-state index contributed by atoms with van der Waals surface area (Å²) >= 11 is 0. The summed E-state index contributed by atoms with van der Waals surface area (Å²) in [5.41, 5.74) is -0.962. The van der Waals surface area contributed by atoms with Gasteiger partial charge in [-0.15, -0.1) is 0 Å². The van der Waals surface area contributed by atoms with Crippen molar-refractivity contribution < 1.29 is 18.1 Å². The Hall–Kier alpha value is -2.98. The van der Waals surface area contributed by atoms with E-state index in [4.69, 9.17) is 0 Å². The Morgan fingerprint density at radius 1 is 0.962 bits per heavy atom. The Kier molecular flexibility index (Phi) is 4.87. The lowest BCUT2D eigenvalue weighted by molar-refractivity contribution is -0.385. The van der Waals surface area contributed by atoms with Crippen LogP contribution in [0.4, 0.5) is 30.6 Å². The smallest absolute Gasteiger partial charge is 0.355 e. The lowest BCUT2D eigenvalue weighted by Gasteiger charge is -2.23. The molecule has 2 aromatic heterocycles. The third-order valence-electron chi connectivity index (χ3n) is 4.01. The van der Waals surface area contributed by atoms with E-state index >= 15 is 0 Å². The fourth-order valence-electron chi connectivity index (χ4n) is 2.66. The number of rotatable bonds is 3. The average molecular weight is 368 g/mol. The average Bonchev–Trinajstić information content (AvgIpc) is 2.87. The minimum Gasteiger partial charge on any atom is -0.355 e. The van der Waals surface area contributed by atoms with E-state index in [0.29, 0.717) is 37.9 Å². The van der Waals surface area contributed by atoms with E-state index in [2.05, 4.69) is 15.0 Å². The zero-order valence-electron chi connectivity index (χ0n) is 13.6. The molecule has 1 aliphatic heterocycles. The number of aromatic nitrogens is 3. The largest absolute Gasteiger partial charge is 0.417 e. The molecule has 11 heteroatoms. The number of hydrogen-bond donors (Lipinski definition) is 0. The van der Waals surface area contributed by atoms with Crippen LogP contribution in [0.3, 0.4) is 0 Å². The van der Waals surface area contributed by atoms with Gasteiger partial charge in [-0.3, -0.25) is 10.1 Å². The summed E-state index contributed by atoms with van der Waals surface area (Å²) in [5.74, 6) is 0.863. The summed E-state index contributed by atoms with van der Waals surface area (Å²) in [6, 6.07) is 2.38. The maximum absolute atomic E-state index is 12.6. The monoisotopic (exact) mass is 368 g/mol. The molecule has 0 unspecified atom stereocenters. The van der Waals surface area contributed by atoms with Crippen molar-refractivity contribution in [2.75, 3.05) is 36.0 Å². The second-order valence-electron chi connectivity index (χ2n) is 5.73. The zero-order valence-corrected chi connectivity index (χ0v) is 13.6. The first-order valence-electron chi connectivity index (χ1n) is 7.84. The van der Waals surface area contributed by atoms with Crippen molar-refractivity contribution in [3.8, 4) is 0 Å². The molecular formula is C15H15F3N6O2. The third-order valence-corrected chi connectivity index (χ3v) is 4.01. The molecule has 0 bridgehead atoms. The van der Waals surface area contributed by atoms with Crippen LogP contribution >= 0.6 is 0 Å². The van der Waals surface area contributed by atoms with Gasteiger partial charge in [-0.25, -0.2) is 15.0 Å². The molecule has 8 nitrogen and oxygen atoms in total. The molecule has 2 aromatic rings. The normalized spacial score (nSPS) is 15.7. The first-order valence-corrected chi connectivity index (χ1v) is 7.84. The van der Waals surface area contributed by atoms with Crippen LogP contribution in [0.25, 0.3) is 0 Å². The van der Waals surface area contributed by atoms with E-state index in [9.17, 15) is 23.3 Å². The number of pyridine rings is 1. The van der Waals surface area contributed by atoms with Crippen LogP contribution in [0.1, 0.15) is 12.0 Å². The molecule has 0 aliphatic carbocycles. The first kappa shape index (κ1) is 17.8. The molecule has 1 aliphatic rings. The third kappa shape index (κ3) is 3.98. The molecule has 0 radical (unpaired) electrons. The van der Waals surface area contributed by atoms with E-state index < -0.39 is 16.7 Å². The predicted molar refractivity (Wildman–Crippen MR) is 87.0 cm³/mol. The van der Waals surface area contributed by atoms with Crippen LogP contribution in [0, 0.1) is 10.1 Å². The van der Waals surface area contributed by atoms with E-state index in [1.807, 2.05) is 9.80 Å². The molecule has 1 fully saturated rings. The highest BCUT2D eigenvalue weighted by atomic mass is 19.4. The van der Waals surface area contributed by atoms with Crippen molar-refractivity contribution in [3.63, 3.8) is 0 Å². The quantitative estimate of drug-likeness (QED) is 0.607. The molecule has 26 heavy (non-hydrogen) atoms.